The molecule has 2 fully saturated rings. The lowest BCUT2D eigenvalue weighted by molar-refractivity contribution is -0.359. The van der Waals surface area contributed by atoms with E-state index in [0.29, 0.717) is 19.3 Å². The van der Waals surface area contributed by atoms with E-state index in [4.69, 9.17) is 18.9 Å². The minimum absolute atomic E-state index is 0.234. The summed E-state index contributed by atoms with van der Waals surface area (Å²) in [6, 6.07) is -0.821. The van der Waals surface area contributed by atoms with E-state index in [1.165, 1.54) is 0 Å². The third-order valence-corrected chi connectivity index (χ3v) is 8.71. The van der Waals surface area contributed by atoms with Gasteiger partial charge in [-0.15, -0.1) is 0 Å². The molecule has 2 rings (SSSR count). The van der Waals surface area contributed by atoms with Gasteiger partial charge in [-0.1, -0.05) is 70.9 Å². The van der Waals surface area contributed by atoms with Crippen LogP contribution in [0.1, 0.15) is 97.3 Å². The van der Waals surface area contributed by atoms with Gasteiger partial charge in [-0.05, 0) is 32.1 Å². The average Bonchev–Trinajstić information content (AvgIpc) is 3.06. The zero-order valence-electron chi connectivity index (χ0n) is 28.0. The predicted octanol–water partition coefficient (Wildman–Crippen LogP) is 0.140. The number of ether oxygens (including phenoxy) is 4. The van der Waals surface area contributed by atoms with Crippen LogP contribution in [0.25, 0.3) is 0 Å². The second kappa shape index (κ2) is 23.2. The molecule has 2 saturated heterocycles. The summed E-state index contributed by atoms with van der Waals surface area (Å²) in [5.74, 6) is -0.234. The minimum Gasteiger partial charge on any atom is -0.394 e. The Morgan fingerprint density at radius 3 is 2.06 bits per heavy atom. The lowest BCUT2D eigenvalue weighted by Crippen LogP contribution is -2.65. The van der Waals surface area contributed by atoms with Crippen molar-refractivity contribution < 1.29 is 64.6 Å². The van der Waals surface area contributed by atoms with Crippen LogP contribution in [0.2, 0.25) is 0 Å². The van der Waals surface area contributed by atoms with Crippen LogP contribution >= 0.6 is 0 Å². The van der Waals surface area contributed by atoms with E-state index in [2.05, 4.69) is 24.4 Å². The standard InChI is InChI=1S/C33H61NO13/c1-3-5-7-8-9-10-11-12-13-15-17-25(38)34-21(22(37)16-14-6-4-2)20-44-32-30(43)28(41)31(24(19-36)46-32)47-33-29(42)27(40)26(39)23(18-35)45-33/h7-8,21-24,26-33,35-37,39-43H,3-6,9-20H2,1-2H3,(H,34,38)/b8-7-. The van der Waals surface area contributed by atoms with Crippen molar-refractivity contribution >= 4 is 5.91 Å². The maximum absolute atomic E-state index is 12.8. The summed E-state index contributed by atoms with van der Waals surface area (Å²) in [6.45, 7) is 2.53. The van der Waals surface area contributed by atoms with Gasteiger partial charge in [-0.2, -0.15) is 0 Å². The third kappa shape index (κ3) is 13.9. The quantitative estimate of drug-likeness (QED) is 0.0518. The number of rotatable bonds is 23. The Morgan fingerprint density at radius 1 is 0.745 bits per heavy atom. The number of hydrogen-bond donors (Lipinski definition) is 9. The maximum Gasteiger partial charge on any atom is 0.220 e. The Morgan fingerprint density at radius 2 is 1.38 bits per heavy atom. The molecule has 0 aliphatic carbocycles. The van der Waals surface area contributed by atoms with Gasteiger partial charge in [0, 0.05) is 6.42 Å². The smallest absolute Gasteiger partial charge is 0.220 e. The van der Waals surface area contributed by atoms with E-state index in [1.807, 2.05) is 6.92 Å². The zero-order valence-corrected chi connectivity index (χ0v) is 28.0. The fourth-order valence-electron chi connectivity index (χ4n) is 5.70. The van der Waals surface area contributed by atoms with Gasteiger partial charge in [0.1, 0.15) is 48.8 Å². The first-order chi connectivity index (χ1) is 22.6. The highest BCUT2D eigenvalue weighted by molar-refractivity contribution is 5.76. The largest absolute Gasteiger partial charge is 0.394 e. The Kier molecular flexibility index (Phi) is 20.7. The summed E-state index contributed by atoms with van der Waals surface area (Å²) < 4.78 is 22.3. The van der Waals surface area contributed by atoms with Crippen molar-refractivity contribution in [1.82, 2.24) is 5.32 Å². The van der Waals surface area contributed by atoms with Gasteiger partial charge in [0.25, 0.3) is 0 Å². The predicted molar refractivity (Wildman–Crippen MR) is 171 cm³/mol. The SMILES string of the molecule is CCC/C=C\CCCCCCCC(=O)NC(COC1OC(CO)C(OC2OC(CO)C(O)C(O)C2O)C(O)C1O)C(O)CCCCC. The van der Waals surface area contributed by atoms with Gasteiger partial charge in [0.2, 0.25) is 5.91 Å². The molecular weight excluding hydrogens is 618 g/mol. The highest BCUT2D eigenvalue weighted by atomic mass is 16.7. The Labute approximate surface area is 278 Å². The molecule has 0 bridgehead atoms. The van der Waals surface area contributed by atoms with Crippen molar-refractivity contribution in [3.63, 3.8) is 0 Å². The van der Waals surface area contributed by atoms with Gasteiger partial charge in [0.05, 0.1) is 32.0 Å². The van der Waals surface area contributed by atoms with Crippen LogP contribution in [0, 0.1) is 0 Å². The summed E-state index contributed by atoms with van der Waals surface area (Å²) >= 11 is 0. The summed E-state index contributed by atoms with van der Waals surface area (Å²) in [5.41, 5.74) is 0. The third-order valence-electron chi connectivity index (χ3n) is 8.71. The molecule has 2 heterocycles. The van der Waals surface area contributed by atoms with E-state index < -0.39 is 86.8 Å². The molecule has 0 saturated carbocycles. The fraction of sp³-hybridized carbons (Fsp3) is 0.909. The Bertz CT molecular complexity index is 862. The number of amides is 1. The first-order valence-corrected chi connectivity index (χ1v) is 17.4. The lowest BCUT2D eigenvalue weighted by atomic mass is 9.97. The van der Waals surface area contributed by atoms with Crippen molar-refractivity contribution in [2.75, 3.05) is 19.8 Å². The molecule has 1 amide bonds. The number of nitrogens with one attached hydrogen (secondary N) is 1. The number of hydrogen-bond acceptors (Lipinski definition) is 13. The molecule has 0 aromatic carbocycles. The molecule has 0 radical (unpaired) electrons. The number of unbranched alkanes of at least 4 members (excludes halogenated alkanes) is 8. The summed E-state index contributed by atoms with van der Waals surface area (Å²) in [4.78, 5) is 12.8. The van der Waals surface area contributed by atoms with Crippen LogP contribution in [-0.2, 0) is 23.7 Å². The molecule has 12 unspecified atom stereocenters. The maximum atomic E-state index is 12.8. The number of aliphatic hydroxyl groups excluding tert-OH is 8. The van der Waals surface area contributed by atoms with Crippen LogP contribution in [-0.4, -0.2) is 140 Å². The minimum atomic E-state index is -1.78. The first-order valence-electron chi connectivity index (χ1n) is 17.4. The Hall–Kier alpha value is -1.27. The molecule has 0 spiro atoms. The molecule has 2 aliphatic rings. The lowest BCUT2D eigenvalue weighted by Gasteiger charge is -2.46. The highest BCUT2D eigenvalue weighted by Gasteiger charge is 2.50. The van der Waals surface area contributed by atoms with Crippen LogP contribution in [0.4, 0.5) is 0 Å². The van der Waals surface area contributed by atoms with E-state index >= 15 is 0 Å². The molecule has 14 nitrogen and oxygen atoms in total. The van der Waals surface area contributed by atoms with Crippen molar-refractivity contribution in [1.29, 1.82) is 0 Å². The van der Waals surface area contributed by atoms with Crippen molar-refractivity contribution in [2.24, 2.45) is 0 Å². The monoisotopic (exact) mass is 679 g/mol. The summed E-state index contributed by atoms with van der Waals surface area (Å²) in [6.07, 6.45) is -0.719. The van der Waals surface area contributed by atoms with Gasteiger partial charge < -0.3 is 65.1 Å². The molecule has 0 aromatic rings. The molecule has 14 heteroatoms. The number of carbonyl (C=O) groups is 1. The second-order valence-corrected chi connectivity index (χ2v) is 12.6. The molecular formula is C33H61NO13. The number of aliphatic hydroxyl groups is 8. The fourth-order valence-corrected chi connectivity index (χ4v) is 5.70. The average molecular weight is 680 g/mol. The highest BCUT2D eigenvalue weighted by Crippen LogP contribution is 2.29. The van der Waals surface area contributed by atoms with Crippen LogP contribution in [0.5, 0.6) is 0 Å². The van der Waals surface area contributed by atoms with E-state index in [1.54, 1.807) is 0 Å². The van der Waals surface area contributed by atoms with Crippen molar-refractivity contribution in [2.45, 2.75) is 171 Å². The Balaban J connectivity index is 1.93. The van der Waals surface area contributed by atoms with E-state index in [9.17, 15) is 45.6 Å². The zero-order chi connectivity index (χ0) is 34.8. The molecule has 9 N–H and O–H groups in total. The first kappa shape index (κ1) is 41.9. The van der Waals surface area contributed by atoms with Crippen molar-refractivity contribution in [3.05, 3.63) is 12.2 Å². The van der Waals surface area contributed by atoms with Gasteiger partial charge in [-0.3, -0.25) is 4.79 Å². The van der Waals surface area contributed by atoms with Crippen molar-refractivity contribution in [3.8, 4) is 0 Å². The second-order valence-electron chi connectivity index (χ2n) is 12.6. The molecule has 47 heavy (non-hydrogen) atoms. The molecule has 2 aliphatic heterocycles. The van der Waals surface area contributed by atoms with Crippen LogP contribution in [0.3, 0.4) is 0 Å². The summed E-state index contributed by atoms with van der Waals surface area (Å²) in [7, 11) is 0. The van der Waals surface area contributed by atoms with E-state index in [0.717, 1.165) is 64.2 Å². The van der Waals surface area contributed by atoms with Gasteiger partial charge in [-0.25, -0.2) is 0 Å². The topological polar surface area (TPSA) is 228 Å². The normalized spacial score (nSPS) is 32.8. The molecule has 276 valence electrons. The number of allylic oxidation sites excluding steroid dienone is 2. The van der Waals surface area contributed by atoms with Crippen LogP contribution in [0.15, 0.2) is 12.2 Å². The molecule has 12 atom stereocenters. The van der Waals surface area contributed by atoms with Gasteiger partial charge in [0.15, 0.2) is 12.6 Å². The van der Waals surface area contributed by atoms with Crippen LogP contribution < -0.4 is 5.32 Å². The summed E-state index contributed by atoms with van der Waals surface area (Å²) in [5, 5.41) is 85.3. The molecule has 0 aromatic heterocycles. The van der Waals surface area contributed by atoms with E-state index in [-0.39, 0.29) is 12.5 Å². The number of carbonyl (C=O) groups excluding carboxylic acids is 1. The van der Waals surface area contributed by atoms with Gasteiger partial charge >= 0.3 is 0 Å².